The molecular weight excluding hydrogens is 505 g/mol. The Labute approximate surface area is 222 Å². The molecule has 6 rings (SSSR count). The van der Waals surface area contributed by atoms with Crippen LogP contribution in [0, 0.1) is 4.84 Å². The van der Waals surface area contributed by atoms with Crippen LogP contribution in [0.3, 0.4) is 0 Å². The molecule has 0 spiro atoms. The van der Waals surface area contributed by atoms with Gasteiger partial charge in [-0.3, -0.25) is 4.57 Å². The second kappa shape index (κ2) is 9.89. The maximum atomic E-state index is 6.24. The van der Waals surface area contributed by atoms with Gasteiger partial charge in [-0.15, -0.1) is 11.3 Å². The summed E-state index contributed by atoms with van der Waals surface area (Å²) in [5.41, 5.74) is 6.31. The molecule has 0 fully saturated rings. The van der Waals surface area contributed by atoms with E-state index in [0.29, 0.717) is 16.3 Å². The number of benzene rings is 2. The van der Waals surface area contributed by atoms with Crippen molar-refractivity contribution in [3.8, 4) is 16.1 Å². The van der Waals surface area contributed by atoms with Gasteiger partial charge in [0.1, 0.15) is 0 Å². The predicted molar refractivity (Wildman–Crippen MR) is 152 cm³/mol. The molecular formula is C28H22N4OS3. The Morgan fingerprint density at radius 2 is 1.72 bits per heavy atom. The van der Waals surface area contributed by atoms with Crippen LogP contribution in [0.25, 0.3) is 27.2 Å². The molecule has 5 nitrogen and oxygen atoms in total. The number of hydrogen-bond acceptors (Lipinski definition) is 5. The first kappa shape index (κ1) is 23.0. The van der Waals surface area contributed by atoms with Crippen LogP contribution in [0.5, 0.6) is 0 Å². The maximum Gasteiger partial charge on any atom is 0.276 e. The largest absolute Gasteiger partial charge is 0.411 e. The predicted octanol–water partition coefficient (Wildman–Crippen LogP) is 7.25. The summed E-state index contributed by atoms with van der Waals surface area (Å²) in [5.74, 6) is 0. The summed E-state index contributed by atoms with van der Waals surface area (Å²) in [6.07, 6.45) is 4.15. The summed E-state index contributed by atoms with van der Waals surface area (Å²) in [7, 11) is 0. The van der Waals surface area contributed by atoms with Gasteiger partial charge in [-0.1, -0.05) is 42.5 Å². The monoisotopic (exact) mass is 526 g/mol. The molecule has 2 aromatic carbocycles. The van der Waals surface area contributed by atoms with Gasteiger partial charge in [0, 0.05) is 21.8 Å². The third-order valence-electron chi connectivity index (χ3n) is 6.26. The number of nitrogens with one attached hydrogen (secondary N) is 1. The average Bonchev–Trinajstić information content (AvgIpc) is 3.43. The van der Waals surface area contributed by atoms with Gasteiger partial charge in [-0.05, 0) is 91.4 Å². The Hall–Kier alpha value is -3.46. The molecule has 0 radical (unpaired) electrons. The highest BCUT2D eigenvalue weighted by Gasteiger charge is 2.24. The number of rotatable bonds is 3. The minimum atomic E-state index is 0.273. The number of thiocarbonyl (C=S) groups is 1. The molecule has 36 heavy (non-hydrogen) atoms. The average molecular weight is 527 g/mol. The third-order valence-corrected chi connectivity index (χ3v) is 7.60. The van der Waals surface area contributed by atoms with E-state index in [-0.39, 0.29) is 4.84 Å². The molecule has 0 bridgehead atoms. The number of thiophene rings is 1. The summed E-state index contributed by atoms with van der Waals surface area (Å²) < 4.78 is 8.09. The van der Waals surface area contributed by atoms with Gasteiger partial charge in [0.2, 0.25) is 5.71 Å². The number of para-hydroxylation sites is 2. The van der Waals surface area contributed by atoms with Gasteiger partial charge < -0.3 is 9.73 Å². The van der Waals surface area contributed by atoms with E-state index in [4.69, 9.17) is 38.8 Å². The van der Waals surface area contributed by atoms with Gasteiger partial charge in [0.15, 0.2) is 10.6 Å². The lowest BCUT2D eigenvalue weighted by atomic mass is 9.90. The fourth-order valence-corrected chi connectivity index (χ4v) is 5.98. The van der Waals surface area contributed by atoms with Gasteiger partial charge in [0.05, 0.1) is 11.1 Å². The zero-order valence-corrected chi connectivity index (χ0v) is 21.8. The van der Waals surface area contributed by atoms with Crippen LogP contribution in [0.4, 0.5) is 5.69 Å². The number of anilines is 1. The van der Waals surface area contributed by atoms with Gasteiger partial charge in [-0.2, -0.15) is 0 Å². The van der Waals surface area contributed by atoms with E-state index in [0.717, 1.165) is 58.6 Å². The fourth-order valence-electron chi connectivity index (χ4n) is 4.70. The molecule has 0 atom stereocenters. The molecule has 3 aromatic heterocycles. The van der Waals surface area contributed by atoms with Crippen molar-refractivity contribution in [1.82, 2.24) is 9.55 Å². The summed E-state index contributed by atoms with van der Waals surface area (Å²) in [5, 5.41) is 6.50. The normalized spacial score (nSPS) is 13.5. The van der Waals surface area contributed by atoms with Crippen LogP contribution in [-0.2, 0) is 12.8 Å². The van der Waals surface area contributed by atoms with Crippen molar-refractivity contribution in [3.63, 3.8) is 0 Å². The van der Waals surface area contributed by atoms with Gasteiger partial charge >= 0.3 is 0 Å². The molecule has 1 aliphatic carbocycles. The highest BCUT2D eigenvalue weighted by Crippen LogP contribution is 2.37. The van der Waals surface area contributed by atoms with Gasteiger partial charge in [-0.25, -0.2) is 9.98 Å². The van der Waals surface area contributed by atoms with Crippen molar-refractivity contribution >= 4 is 57.7 Å². The van der Waals surface area contributed by atoms with Crippen molar-refractivity contribution in [3.05, 3.63) is 99.8 Å². The smallest absolute Gasteiger partial charge is 0.276 e. The molecule has 178 valence electrons. The van der Waals surface area contributed by atoms with Crippen LogP contribution < -0.4 is 10.8 Å². The minimum absolute atomic E-state index is 0.273. The Bertz CT molecular complexity index is 1690. The van der Waals surface area contributed by atoms with Crippen molar-refractivity contribution in [1.29, 1.82) is 0 Å². The molecule has 1 aliphatic rings. The van der Waals surface area contributed by atoms with Crippen molar-refractivity contribution < 1.29 is 4.42 Å². The Kier molecular flexibility index (Phi) is 6.31. The van der Waals surface area contributed by atoms with E-state index in [9.17, 15) is 0 Å². The Morgan fingerprint density at radius 1 is 0.972 bits per heavy atom. The number of fused-ring (bicyclic) bond motifs is 2. The Morgan fingerprint density at radius 3 is 2.47 bits per heavy atom. The second-order valence-electron chi connectivity index (χ2n) is 8.55. The standard InChI is InChI=1S/C28H22N4OS3/c34-27(29-18-10-3-1-4-11-18)31-25-24-23(22-16-9-17-36-22)20-14-7-8-15-21(20)30-26(24)33-28(35)32(25)19-12-5-2-6-13-19/h1-6,9-13,16-17H,7-8,14-15H2,(H,29,34)/b31-25-. The lowest BCUT2D eigenvalue weighted by Crippen LogP contribution is -2.26. The number of aromatic nitrogens is 2. The van der Waals surface area contributed by atoms with Crippen LogP contribution in [0.15, 0.2) is 87.6 Å². The lowest BCUT2D eigenvalue weighted by Gasteiger charge is -2.21. The topological polar surface area (TPSA) is 55.4 Å². The van der Waals surface area contributed by atoms with E-state index in [1.807, 2.05) is 65.2 Å². The first-order chi connectivity index (χ1) is 17.7. The first-order valence-corrected chi connectivity index (χ1v) is 13.5. The summed E-state index contributed by atoms with van der Waals surface area (Å²) >= 11 is 13.2. The second-order valence-corrected chi connectivity index (χ2v) is 10.2. The Balaban J connectivity index is 1.72. The number of aryl methyl sites for hydroxylation is 1. The lowest BCUT2D eigenvalue weighted by molar-refractivity contribution is 0.518. The van der Waals surface area contributed by atoms with E-state index in [1.54, 1.807) is 11.3 Å². The maximum absolute atomic E-state index is 6.24. The molecule has 8 heteroatoms. The number of hydrogen-bond donors (Lipinski definition) is 1. The van der Waals surface area contributed by atoms with Crippen LogP contribution >= 0.6 is 35.8 Å². The van der Waals surface area contributed by atoms with Crippen molar-refractivity contribution in [2.45, 2.75) is 25.7 Å². The SMILES string of the molecule is S=C(/N=c1/c2c(-c3cccs3)c3c(nc2oc(=S)n1-c1ccccc1)CCCC3)Nc1ccccc1. The molecule has 0 saturated carbocycles. The van der Waals surface area contributed by atoms with Gasteiger partial charge in [0.25, 0.3) is 4.84 Å². The summed E-state index contributed by atoms with van der Waals surface area (Å²) in [4.78, 5) is 11.4. The van der Waals surface area contributed by atoms with Crippen molar-refractivity contribution in [2.24, 2.45) is 4.99 Å². The third kappa shape index (κ3) is 4.32. The van der Waals surface area contributed by atoms with E-state index in [2.05, 4.69) is 22.8 Å². The molecule has 3 heterocycles. The molecule has 1 N–H and O–H groups in total. The number of nitrogens with zero attached hydrogens (tertiary/aromatic N) is 3. The van der Waals surface area contributed by atoms with Crippen molar-refractivity contribution in [2.75, 3.05) is 5.32 Å². The zero-order chi connectivity index (χ0) is 24.5. The fraction of sp³-hybridized carbons (Fsp3) is 0.143. The molecule has 0 aliphatic heterocycles. The molecule has 0 amide bonds. The number of pyridine rings is 1. The quantitative estimate of drug-likeness (QED) is 0.251. The van der Waals surface area contributed by atoms with Crippen LogP contribution in [0.2, 0.25) is 0 Å². The summed E-state index contributed by atoms with van der Waals surface area (Å²) in [6.45, 7) is 0. The molecule has 0 unspecified atom stereocenters. The highest BCUT2D eigenvalue weighted by molar-refractivity contribution is 7.80. The van der Waals surface area contributed by atoms with E-state index >= 15 is 0 Å². The first-order valence-electron chi connectivity index (χ1n) is 11.8. The zero-order valence-electron chi connectivity index (χ0n) is 19.3. The van der Waals surface area contributed by atoms with E-state index < -0.39 is 0 Å². The summed E-state index contributed by atoms with van der Waals surface area (Å²) in [6, 6.07) is 23.9. The minimum Gasteiger partial charge on any atom is -0.411 e. The van der Waals surface area contributed by atoms with E-state index in [1.165, 1.54) is 5.56 Å². The van der Waals surface area contributed by atoms with Crippen LogP contribution in [0.1, 0.15) is 24.1 Å². The molecule has 5 aromatic rings. The highest BCUT2D eigenvalue weighted by atomic mass is 32.1. The molecule has 0 saturated heterocycles. The van der Waals surface area contributed by atoms with Crippen LogP contribution in [-0.4, -0.2) is 14.7 Å².